The normalized spacial score (nSPS) is 16.4. The Morgan fingerprint density at radius 3 is 2.66 bits per heavy atom. The van der Waals surface area contributed by atoms with E-state index in [-0.39, 0.29) is 25.0 Å². The Morgan fingerprint density at radius 1 is 1.12 bits per heavy atom. The first-order valence-electron chi connectivity index (χ1n) is 13.4. The SMILES string of the molecule is Cc1nnc(-c2cccc(N3Cc4c(cc(N5CCC[C@H]5C)nc4CN(C)C(=O)O)C3=O)n2)n1-c1ccccc1F. The molecule has 0 bridgehead atoms. The second-order valence-corrected chi connectivity index (χ2v) is 10.4. The molecule has 210 valence electrons. The van der Waals surface area contributed by atoms with Crippen LogP contribution in [-0.2, 0) is 13.1 Å². The Balaban J connectivity index is 1.39. The molecule has 1 atom stereocenters. The van der Waals surface area contributed by atoms with Crippen LogP contribution in [0.5, 0.6) is 0 Å². The highest BCUT2D eigenvalue weighted by Gasteiger charge is 2.35. The largest absolute Gasteiger partial charge is 0.465 e. The standard InChI is InChI=1S/C29H29FN8O3/c1-17-8-7-13-36(17)26-14-19-20(23(32-26)16-35(3)29(40)41)15-37(28(19)39)25-12-6-10-22(31-25)27-34-33-18(2)38(27)24-11-5-4-9-21(24)30/h4-6,9-12,14,17H,7-8,13,15-16H2,1-3H3,(H,40,41)/t17-/m1/s1. The van der Waals surface area contributed by atoms with Gasteiger partial charge < -0.3 is 14.9 Å². The third-order valence-corrected chi connectivity index (χ3v) is 7.71. The van der Waals surface area contributed by atoms with Crippen molar-refractivity contribution in [2.45, 2.75) is 45.8 Å². The molecule has 0 saturated carbocycles. The van der Waals surface area contributed by atoms with Gasteiger partial charge in [0.05, 0.1) is 30.0 Å². The molecule has 0 spiro atoms. The van der Waals surface area contributed by atoms with Gasteiger partial charge in [-0.3, -0.25) is 14.3 Å². The van der Waals surface area contributed by atoms with Gasteiger partial charge in [0.25, 0.3) is 5.91 Å². The van der Waals surface area contributed by atoms with Crippen molar-refractivity contribution in [1.82, 2.24) is 29.6 Å². The summed E-state index contributed by atoms with van der Waals surface area (Å²) in [6.07, 6.45) is 0.972. The van der Waals surface area contributed by atoms with Gasteiger partial charge in [-0.1, -0.05) is 18.2 Å². The summed E-state index contributed by atoms with van der Waals surface area (Å²) in [6.45, 7) is 4.92. The van der Waals surface area contributed by atoms with Crippen LogP contribution in [0.2, 0.25) is 0 Å². The average molecular weight is 557 g/mol. The van der Waals surface area contributed by atoms with E-state index in [2.05, 4.69) is 22.0 Å². The Kier molecular flexibility index (Phi) is 6.60. The molecule has 2 aliphatic heterocycles. The van der Waals surface area contributed by atoms with Gasteiger partial charge in [0, 0.05) is 25.2 Å². The lowest BCUT2D eigenvalue weighted by molar-refractivity contribution is 0.0996. The van der Waals surface area contributed by atoms with Crippen LogP contribution in [0.4, 0.5) is 20.8 Å². The van der Waals surface area contributed by atoms with Crippen molar-refractivity contribution < 1.29 is 19.1 Å². The quantitative estimate of drug-likeness (QED) is 0.370. The number of carbonyl (C=O) groups excluding carboxylic acids is 1. The minimum Gasteiger partial charge on any atom is -0.465 e. The summed E-state index contributed by atoms with van der Waals surface area (Å²) in [4.78, 5) is 39.9. The van der Waals surface area contributed by atoms with Crippen molar-refractivity contribution in [1.29, 1.82) is 0 Å². The molecule has 0 radical (unpaired) electrons. The molecule has 2 aliphatic rings. The first-order chi connectivity index (χ1) is 19.7. The van der Waals surface area contributed by atoms with Crippen molar-refractivity contribution in [3.63, 3.8) is 0 Å². The topological polar surface area (TPSA) is 121 Å². The van der Waals surface area contributed by atoms with Gasteiger partial charge in [-0.15, -0.1) is 10.2 Å². The molecule has 3 aromatic heterocycles. The Labute approximate surface area is 235 Å². The van der Waals surface area contributed by atoms with Crippen LogP contribution < -0.4 is 9.80 Å². The predicted octanol–water partition coefficient (Wildman–Crippen LogP) is 4.43. The van der Waals surface area contributed by atoms with Gasteiger partial charge in [-0.25, -0.2) is 19.2 Å². The summed E-state index contributed by atoms with van der Waals surface area (Å²) in [7, 11) is 1.48. The van der Waals surface area contributed by atoms with Crippen LogP contribution in [0.25, 0.3) is 17.2 Å². The number of nitrogens with zero attached hydrogens (tertiary/aromatic N) is 8. The fraction of sp³-hybridized carbons (Fsp3) is 0.310. The molecule has 12 heteroatoms. The monoisotopic (exact) mass is 556 g/mol. The van der Waals surface area contributed by atoms with Gasteiger partial charge in [0.1, 0.15) is 29.0 Å². The molecule has 6 rings (SSSR count). The Bertz CT molecular complexity index is 1670. The summed E-state index contributed by atoms with van der Waals surface area (Å²) in [5.41, 5.74) is 2.43. The van der Waals surface area contributed by atoms with Gasteiger partial charge in [-0.05, 0) is 57.0 Å². The highest BCUT2D eigenvalue weighted by atomic mass is 19.1. The van der Waals surface area contributed by atoms with Gasteiger partial charge in [-0.2, -0.15) is 0 Å². The zero-order valence-corrected chi connectivity index (χ0v) is 23.0. The number of hydrogen-bond donors (Lipinski definition) is 1. The molecule has 1 N–H and O–H groups in total. The van der Waals surface area contributed by atoms with E-state index in [1.807, 2.05) is 6.07 Å². The van der Waals surface area contributed by atoms with Crippen LogP contribution >= 0.6 is 0 Å². The summed E-state index contributed by atoms with van der Waals surface area (Å²) < 4.78 is 16.3. The molecule has 1 saturated heterocycles. The van der Waals surface area contributed by atoms with E-state index in [1.165, 1.54) is 13.1 Å². The van der Waals surface area contributed by atoms with Crippen molar-refractivity contribution in [3.05, 3.63) is 77.0 Å². The van der Waals surface area contributed by atoms with Crippen molar-refractivity contribution in [2.24, 2.45) is 0 Å². The van der Waals surface area contributed by atoms with Crippen molar-refractivity contribution in [3.8, 4) is 17.2 Å². The van der Waals surface area contributed by atoms with E-state index in [0.29, 0.717) is 51.5 Å². The molecule has 0 unspecified atom stereocenters. The minimum atomic E-state index is -1.08. The fourth-order valence-corrected chi connectivity index (χ4v) is 5.53. The van der Waals surface area contributed by atoms with Crippen LogP contribution in [0.3, 0.4) is 0 Å². The number of amides is 2. The number of benzene rings is 1. The molecular weight excluding hydrogens is 527 g/mol. The van der Waals surface area contributed by atoms with E-state index in [4.69, 9.17) is 9.97 Å². The van der Waals surface area contributed by atoms with Crippen LogP contribution in [-0.4, -0.2) is 66.4 Å². The van der Waals surface area contributed by atoms with Crippen molar-refractivity contribution in [2.75, 3.05) is 23.4 Å². The Hall–Kier alpha value is -4.87. The smallest absolute Gasteiger partial charge is 0.407 e. The number of aromatic nitrogens is 5. The lowest BCUT2D eigenvalue weighted by Gasteiger charge is -2.24. The highest BCUT2D eigenvalue weighted by Crippen LogP contribution is 2.35. The number of fused-ring (bicyclic) bond motifs is 1. The maximum absolute atomic E-state index is 14.7. The molecular formula is C29H29FN8O3. The summed E-state index contributed by atoms with van der Waals surface area (Å²) in [6, 6.07) is 13.7. The van der Waals surface area contributed by atoms with E-state index < -0.39 is 11.9 Å². The zero-order valence-electron chi connectivity index (χ0n) is 23.0. The lowest BCUT2D eigenvalue weighted by atomic mass is 10.1. The lowest BCUT2D eigenvalue weighted by Crippen LogP contribution is -2.29. The van der Waals surface area contributed by atoms with Crippen LogP contribution in [0.15, 0.2) is 48.5 Å². The highest BCUT2D eigenvalue weighted by molar-refractivity contribution is 6.10. The molecule has 2 amide bonds. The van der Waals surface area contributed by atoms with Crippen molar-refractivity contribution >= 4 is 23.6 Å². The Morgan fingerprint density at radius 2 is 1.93 bits per heavy atom. The number of carbonyl (C=O) groups is 2. The summed E-state index contributed by atoms with van der Waals surface area (Å²) in [5.74, 6) is 1.22. The van der Waals surface area contributed by atoms with E-state index >= 15 is 0 Å². The number of anilines is 2. The zero-order chi connectivity index (χ0) is 28.8. The number of hydrogen-bond acceptors (Lipinski definition) is 7. The van der Waals surface area contributed by atoms with Crippen LogP contribution in [0.1, 0.15) is 47.2 Å². The third kappa shape index (κ3) is 4.64. The molecule has 1 fully saturated rings. The first kappa shape index (κ1) is 26.4. The number of halogens is 1. The molecule has 11 nitrogen and oxygen atoms in total. The first-order valence-corrected chi connectivity index (χ1v) is 13.4. The molecule has 41 heavy (non-hydrogen) atoms. The number of aryl methyl sites for hydroxylation is 1. The van der Waals surface area contributed by atoms with E-state index in [0.717, 1.165) is 24.3 Å². The molecule has 5 heterocycles. The second kappa shape index (κ2) is 10.3. The second-order valence-electron chi connectivity index (χ2n) is 10.4. The molecule has 1 aromatic carbocycles. The van der Waals surface area contributed by atoms with E-state index in [1.54, 1.807) is 52.8 Å². The maximum Gasteiger partial charge on any atom is 0.407 e. The third-order valence-electron chi connectivity index (χ3n) is 7.71. The summed E-state index contributed by atoms with van der Waals surface area (Å²) >= 11 is 0. The predicted molar refractivity (Wildman–Crippen MR) is 150 cm³/mol. The molecule has 0 aliphatic carbocycles. The van der Waals surface area contributed by atoms with Gasteiger partial charge >= 0.3 is 6.09 Å². The number of carboxylic acid groups (broad SMARTS) is 1. The minimum absolute atomic E-state index is 0.0489. The maximum atomic E-state index is 14.7. The van der Waals surface area contributed by atoms with Gasteiger partial charge in [0.15, 0.2) is 5.82 Å². The van der Waals surface area contributed by atoms with E-state index in [9.17, 15) is 19.1 Å². The molecule has 4 aromatic rings. The fourth-order valence-electron chi connectivity index (χ4n) is 5.53. The number of pyridine rings is 2. The number of para-hydroxylation sites is 1. The van der Waals surface area contributed by atoms with Crippen LogP contribution in [0, 0.1) is 12.7 Å². The van der Waals surface area contributed by atoms with Gasteiger partial charge in [0.2, 0.25) is 0 Å². The number of rotatable bonds is 6. The average Bonchev–Trinajstić information content (AvgIpc) is 3.66. The summed E-state index contributed by atoms with van der Waals surface area (Å²) in [5, 5.41) is 17.9.